The number of hydrogen-bond donors (Lipinski definition) is 2. The van der Waals surface area contributed by atoms with Gasteiger partial charge in [0, 0.05) is 61.8 Å². The first kappa shape index (κ1) is 41.4. The second-order valence-corrected chi connectivity index (χ2v) is 13.5. The Bertz CT molecular complexity index is 2140. The van der Waals surface area contributed by atoms with Gasteiger partial charge in [-0.15, -0.1) is 0 Å². The molecule has 55 heavy (non-hydrogen) atoms. The smallest absolute Gasteiger partial charge is 0.277 e. The van der Waals surface area contributed by atoms with Gasteiger partial charge < -0.3 is 20.5 Å². The molecule has 0 radical (unpaired) electrons. The number of nitrogens with two attached hydrogens (primary N) is 1. The zero-order valence-corrected chi connectivity index (χ0v) is 30.6. The minimum Gasteiger partial charge on any atom is -0.369 e. The lowest BCUT2D eigenvalue weighted by Gasteiger charge is -2.25. The number of primary amides is 1. The molecule has 292 valence electrons. The molecule has 0 aromatic carbocycles. The molecule has 6 heterocycles. The third-order valence-electron chi connectivity index (χ3n) is 8.00. The van der Waals surface area contributed by atoms with Crippen molar-refractivity contribution in [2.24, 2.45) is 5.73 Å². The third kappa shape index (κ3) is 10.9. The summed E-state index contributed by atoms with van der Waals surface area (Å²) < 4.78 is 84.1. The fourth-order valence-corrected chi connectivity index (χ4v) is 6.30. The van der Waals surface area contributed by atoms with Crippen molar-refractivity contribution in [2.75, 3.05) is 75.4 Å². The van der Waals surface area contributed by atoms with Crippen molar-refractivity contribution in [3.8, 4) is 22.8 Å². The number of nitrogens with zero attached hydrogens (tertiary/aromatic N) is 10. The van der Waals surface area contributed by atoms with Gasteiger partial charge in [-0.3, -0.25) is 19.3 Å². The highest BCUT2D eigenvalue weighted by atomic mass is 35.5. The Morgan fingerprint density at radius 3 is 1.95 bits per heavy atom. The van der Waals surface area contributed by atoms with Crippen LogP contribution in [0.15, 0.2) is 41.5 Å². The topological polar surface area (TPSA) is 158 Å². The Hall–Kier alpha value is -4.81. The molecule has 14 nitrogen and oxygen atoms in total. The second-order valence-electron chi connectivity index (χ2n) is 12.3. The van der Waals surface area contributed by atoms with E-state index in [9.17, 15) is 35.9 Å². The third-order valence-corrected chi connectivity index (χ3v) is 9.06. The highest BCUT2D eigenvalue weighted by Crippen LogP contribution is 2.35. The normalized spacial score (nSPS) is 17.4. The van der Waals surface area contributed by atoms with Crippen LogP contribution in [0.2, 0.25) is 15.2 Å². The molecule has 2 saturated heterocycles. The summed E-state index contributed by atoms with van der Waals surface area (Å²) in [4.78, 5) is 53.2. The van der Waals surface area contributed by atoms with Gasteiger partial charge in [0.15, 0.2) is 22.6 Å². The lowest BCUT2D eigenvalue weighted by molar-refractivity contribution is -0.120. The standard InChI is InChI=1S/C16H13Cl2F3N6.C16H16ClF3N6O2/c1-22-9-26-4-5-27(8-16(20,21)7-26)15-12(17)13(18)24-14(25-15)10-2-3-23-11(19)6-10;17-12-14(23-13(24-15(12)28)9-1-2-22-10(18)5-9)26-4-3-25(6-11(21)27)7-16(19,20)8-26/h2-3,6H,4-5,7-9H2;1-2,5H,3-4,6-8H2,(H2,21,27)(H,23,24,28). The van der Waals surface area contributed by atoms with E-state index in [4.69, 9.17) is 47.1 Å². The molecule has 4 aromatic rings. The number of nitrogens with one attached hydrogen (secondary N) is 1. The zero-order valence-electron chi connectivity index (χ0n) is 28.3. The highest BCUT2D eigenvalue weighted by molar-refractivity contribution is 6.42. The van der Waals surface area contributed by atoms with E-state index in [1.54, 1.807) is 0 Å². The van der Waals surface area contributed by atoms with Gasteiger partial charge in [-0.2, -0.15) is 8.78 Å². The van der Waals surface area contributed by atoms with E-state index >= 15 is 0 Å². The molecule has 6 rings (SSSR count). The monoisotopic (exact) mass is 832 g/mol. The van der Waals surface area contributed by atoms with Crippen LogP contribution < -0.4 is 21.1 Å². The number of halogens is 9. The molecule has 0 saturated carbocycles. The van der Waals surface area contributed by atoms with Crippen molar-refractivity contribution in [2.45, 2.75) is 11.8 Å². The van der Waals surface area contributed by atoms with E-state index in [1.807, 2.05) is 0 Å². The molecule has 3 N–H and O–H groups in total. The van der Waals surface area contributed by atoms with E-state index in [0.29, 0.717) is 5.56 Å². The van der Waals surface area contributed by atoms with Crippen LogP contribution in [-0.4, -0.2) is 123 Å². The summed E-state index contributed by atoms with van der Waals surface area (Å²) in [5, 5.41) is -0.554. The molecule has 4 aromatic heterocycles. The van der Waals surface area contributed by atoms with Crippen molar-refractivity contribution < 1.29 is 31.1 Å². The van der Waals surface area contributed by atoms with E-state index in [2.05, 4.69) is 34.7 Å². The number of aromatic nitrogens is 6. The maximum atomic E-state index is 14.4. The maximum absolute atomic E-state index is 14.4. The van der Waals surface area contributed by atoms with Gasteiger partial charge in [0.1, 0.15) is 15.9 Å². The predicted octanol–water partition coefficient (Wildman–Crippen LogP) is 4.49. The fourth-order valence-electron chi connectivity index (χ4n) is 5.72. The predicted molar refractivity (Wildman–Crippen MR) is 191 cm³/mol. The lowest BCUT2D eigenvalue weighted by atomic mass is 10.2. The number of aromatic amines is 1. The fraction of sp³-hybridized carbons (Fsp3) is 0.375. The first-order valence-corrected chi connectivity index (χ1v) is 17.2. The highest BCUT2D eigenvalue weighted by Gasteiger charge is 2.40. The Morgan fingerprint density at radius 2 is 1.36 bits per heavy atom. The Kier molecular flexibility index (Phi) is 13.0. The van der Waals surface area contributed by atoms with Crippen LogP contribution >= 0.6 is 34.8 Å². The average Bonchev–Trinajstić information content (AvgIpc) is 3.35. The number of alkyl halides is 4. The molecule has 0 aliphatic carbocycles. The minimum absolute atomic E-state index is 0.0309. The van der Waals surface area contributed by atoms with E-state index in [1.165, 1.54) is 44.1 Å². The average molecular weight is 834 g/mol. The number of carbonyl (C=O) groups excluding carboxylic acids is 1. The van der Waals surface area contributed by atoms with E-state index < -0.39 is 61.4 Å². The first-order valence-electron chi connectivity index (χ1n) is 16.0. The summed E-state index contributed by atoms with van der Waals surface area (Å²) >= 11 is 18.2. The molecule has 2 aliphatic heterocycles. The summed E-state index contributed by atoms with van der Waals surface area (Å²) in [6.45, 7) is 4.35. The van der Waals surface area contributed by atoms with Crippen molar-refractivity contribution in [3.63, 3.8) is 0 Å². The van der Waals surface area contributed by atoms with Crippen molar-refractivity contribution >= 4 is 52.3 Å². The second kappa shape index (κ2) is 17.3. The summed E-state index contributed by atoms with van der Waals surface area (Å²) in [6.07, 6.45) is 2.42. The van der Waals surface area contributed by atoms with E-state index in [-0.39, 0.29) is 83.4 Å². The molecular weight excluding hydrogens is 805 g/mol. The van der Waals surface area contributed by atoms with Gasteiger partial charge in [-0.25, -0.2) is 54.0 Å². The van der Waals surface area contributed by atoms with Gasteiger partial charge in [0.2, 0.25) is 17.8 Å². The number of carbonyl (C=O) groups is 1. The van der Waals surface area contributed by atoms with Gasteiger partial charge in [-0.1, -0.05) is 34.8 Å². The molecule has 0 bridgehead atoms. The first-order chi connectivity index (χ1) is 25.9. The van der Waals surface area contributed by atoms with Gasteiger partial charge >= 0.3 is 0 Å². The Labute approximate surface area is 323 Å². The molecule has 0 atom stereocenters. The lowest BCUT2D eigenvalue weighted by Crippen LogP contribution is -2.42. The molecule has 0 unspecified atom stereocenters. The van der Waals surface area contributed by atoms with Crippen LogP contribution in [0.25, 0.3) is 27.6 Å². The Morgan fingerprint density at radius 1 is 0.818 bits per heavy atom. The number of amides is 1. The molecule has 2 fully saturated rings. The number of hydrogen-bond acceptors (Lipinski definition) is 11. The molecule has 1 amide bonds. The zero-order chi connectivity index (χ0) is 40.1. The van der Waals surface area contributed by atoms with Crippen LogP contribution in [0.1, 0.15) is 0 Å². The summed E-state index contributed by atoms with van der Waals surface area (Å²) in [5.41, 5.74) is 4.84. The number of pyridine rings is 2. The quantitative estimate of drug-likeness (QED) is 0.117. The van der Waals surface area contributed by atoms with Crippen LogP contribution in [0.4, 0.5) is 38.0 Å². The summed E-state index contributed by atoms with van der Waals surface area (Å²) in [7, 11) is 0. The van der Waals surface area contributed by atoms with Crippen LogP contribution in [0.3, 0.4) is 0 Å². The molecule has 0 spiro atoms. The number of anilines is 2. The summed E-state index contributed by atoms with van der Waals surface area (Å²) in [6, 6.07) is 5.03. The van der Waals surface area contributed by atoms with E-state index in [0.717, 1.165) is 12.1 Å². The van der Waals surface area contributed by atoms with Crippen molar-refractivity contribution in [1.29, 1.82) is 0 Å². The minimum atomic E-state index is -3.21. The Balaban J connectivity index is 0.000000211. The van der Waals surface area contributed by atoms with Crippen molar-refractivity contribution in [1.82, 2.24) is 39.7 Å². The molecular formula is C32H29Cl3F6N12O2. The van der Waals surface area contributed by atoms with Crippen LogP contribution in [-0.2, 0) is 4.79 Å². The summed E-state index contributed by atoms with van der Waals surface area (Å²) in [5.74, 6) is -8.64. The van der Waals surface area contributed by atoms with Crippen LogP contribution in [0.5, 0.6) is 0 Å². The van der Waals surface area contributed by atoms with Gasteiger partial charge in [-0.05, 0) is 12.1 Å². The van der Waals surface area contributed by atoms with Crippen LogP contribution in [0, 0.1) is 18.5 Å². The number of rotatable bonds is 7. The van der Waals surface area contributed by atoms with Gasteiger partial charge in [0.05, 0.1) is 32.7 Å². The number of H-pyrrole nitrogens is 1. The molecule has 2 aliphatic rings. The SMILES string of the molecule is NC(=O)CN1CCN(c2nc(-c3ccnc(F)c3)[nH]c(=O)c2Cl)CC(F)(F)C1.[C-]#[N+]CN1CCN(c2nc(-c3ccnc(F)c3)nc(Cl)c2Cl)CC(F)(F)C1. The molecule has 23 heteroatoms. The van der Waals surface area contributed by atoms with Gasteiger partial charge in [0.25, 0.3) is 24.1 Å². The largest absolute Gasteiger partial charge is 0.369 e. The maximum Gasteiger partial charge on any atom is 0.277 e. The van der Waals surface area contributed by atoms with Crippen molar-refractivity contribution in [3.05, 3.63) is 85.5 Å².